The van der Waals surface area contributed by atoms with Crippen molar-refractivity contribution in [3.05, 3.63) is 23.4 Å². The zero-order valence-electron chi connectivity index (χ0n) is 13.5. The van der Waals surface area contributed by atoms with E-state index >= 15 is 0 Å². The van der Waals surface area contributed by atoms with Gasteiger partial charge in [-0.3, -0.25) is 4.79 Å². The van der Waals surface area contributed by atoms with Crippen LogP contribution in [-0.4, -0.2) is 34.0 Å². The molecule has 0 N–H and O–H groups in total. The Kier molecular flexibility index (Phi) is 5.43. The van der Waals surface area contributed by atoms with E-state index in [9.17, 15) is 4.79 Å². The number of rotatable bonds is 5. The molecule has 0 saturated heterocycles. The molecular weight excluding hydrogens is 310 g/mol. The highest BCUT2D eigenvalue weighted by atomic mass is 32.1. The lowest BCUT2D eigenvalue weighted by Gasteiger charge is -2.27. The molecule has 0 unspecified atom stereocenters. The maximum Gasteiger partial charge on any atom is 0.227 e. The quantitative estimate of drug-likeness (QED) is 0.778. The van der Waals surface area contributed by atoms with Crippen LogP contribution >= 0.6 is 11.3 Å². The second-order valence-corrected chi connectivity index (χ2v) is 7.09. The van der Waals surface area contributed by atoms with Crippen LogP contribution < -0.4 is 0 Å². The second kappa shape index (κ2) is 7.73. The van der Waals surface area contributed by atoms with Gasteiger partial charge < -0.3 is 9.42 Å². The van der Waals surface area contributed by atoms with Crippen molar-refractivity contribution in [1.29, 1.82) is 0 Å². The smallest absolute Gasteiger partial charge is 0.227 e. The lowest BCUT2D eigenvalue weighted by atomic mass is 10.1. The minimum atomic E-state index is 0.174. The Morgan fingerprint density at radius 3 is 2.83 bits per heavy atom. The molecule has 1 aliphatic rings. The fraction of sp³-hybridized carbons (Fsp3) is 0.588. The van der Waals surface area contributed by atoms with E-state index in [1.165, 1.54) is 25.7 Å². The first-order valence-corrected chi connectivity index (χ1v) is 9.24. The van der Waals surface area contributed by atoms with Crippen LogP contribution in [0.2, 0.25) is 0 Å². The van der Waals surface area contributed by atoms with Crippen LogP contribution in [0.3, 0.4) is 0 Å². The van der Waals surface area contributed by atoms with Crippen molar-refractivity contribution in [1.82, 2.24) is 15.0 Å². The van der Waals surface area contributed by atoms with Crippen molar-refractivity contribution in [2.75, 3.05) is 7.05 Å². The molecule has 2 heterocycles. The molecule has 0 aliphatic heterocycles. The van der Waals surface area contributed by atoms with Crippen molar-refractivity contribution in [3.63, 3.8) is 0 Å². The van der Waals surface area contributed by atoms with E-state index in [2.05, 4.69) is 10.1 Å². The predicted molar refractivity (Wildman–Crippen MR) is 90.2 cm³/mol. The van der Waals surface area contributed by atoms with Crippen LogP contribution in [0.1, 0.15) is 50.8 Å². The fourth-order valence-electron chi connectivity index (χ4n) is 3.10. The normalized spacial score (nSPS) is 16.2. The summed E-state index contributed by atoms with van der Waals surface area (Å²) >= 11 is 1.58. The van der Waals surface area contributed by atoms with Gasteiger partial charge in [0.2, 0.25) is 17.6 Å². The zero-order chi connectivity index (χ0) is 16.1. The average Bonchev–Trinajstić information content (AvgIpc) is 3.18. The summed E-state index contributed by atoms with van der Waals surface area (Å²) in [6, 6.07) is 4.32. The lowest BCUT2D eigenvalue weighted by Crippen LogP contribution is -2.36. The Labute approximate surface area is 140 Å². The highest BCUT2D eigenvalue weighted by Crippen LogP contribution is 2.23. The Hall–Kier alpha value is -1.69. The third-order valence-corrected chi connectivity index (χ3v) is 5.39. The summed E-state index contributed by atoms with van der Waals surface area (Å²) in [5.41, 5.74) is 0. The van der Waals surface area contributed by atoms with E-state index in [0.717, 1.165) is 17.7 Å². The Morgan fingerprint density at radius 2 is 2.13 bits per heavy atom. The van der Waals surface area contributed by atoms with Gasteiger partial charge in [-0.1, -0.05) is 36.9 Å². The van der Waals surface area contributed by atoms with Crippen LogP contribution in [0, 0.1) is 0 Å². The van der Waals surface area contributed by atoms with Crippen LogP contribution in [0.5, 0.6) is 0 Å². The van der Waals surface area contributed by atoms with Crippen LogP contribution in [0.15, 0.2) is 22.0 Å². The van der Waals surface area contributed by atoms with Gasteiger partial charge in [0.15, 0.2) is 0 Å². The topological polar surface area (TPSA) is 59.2 Å². The van der Waals surface area contributed by atoms with Gasteiger partial charge in [-0.05, 0) is 24.3 Å². The van der Waals surface area contributed by atoms with Crippen LogP contribution in [-0.2, 0) is 11.2 Å². The standard InChI is InChI=1S/C17H23N3O2S/c1-20(13-7-4-2-3-5-8-13)16(21)11-10-15-18-17(19-22-15)14-9-6-12-23-14/h6,9,12-13H,2-5,7-8,10-11H2,1H3. The summed E-state index contributed by atoms with van der Waals surface area (Å²) in [6.45, 7) is 0. The SMILES string of the molecule is CN(C(=O)CCc1nc(-c2cccs2)no1)C1CCCCCC1. The number of hydrogen-bond donors (Lipinski definition) is 0. The fourth-order valence-corrected chi connectivity index (χ4v) is 3.75. The molecule has 3 rings (SSSR count). The minimum Gasteiger partial charge on any atom is -0.343 e. The van der Waals surface area contributed by atoms with Crippen molar-refractivity contribution >= 4 is 17.2 Å². The van der Waals surface area contributed by atoms with Crippen molar-refractivity contribution in [2.24, 2.45) is 0 Å². The molecule has 0 spiro atoms. The second-order valence-electron chi connectivity index (χ2n) is 6.14. The predicted octanol–water partition coefficient (Wildman–Crippen LogP) is 3.91. The monoisotopic (exact) mass is 333 g/mol. The highest BCUT2D eigenvalue weighted by molar-refractivity contribution is 7.13. The zero-order valence-corrected chi connectivity index (χ0v) is 14.3. The first-order chi connectivity index (χ1) is 11.2. The molecule has 1 aliphatic carbocycles. The van der Waals surface area contributed by atoms with Gasteiger partial charge in [-0.15, -0.1) is 11.3 Å². The molecule has 0 atom stereocenters. The molecule has 124 valence electrons. The maximum absolute atomic E-state index is 12.4. The Bertz CT molecular complexity index is 616. The summed E-state index contributed by atoms with van der Waals surface area (Å²) in [6.07, 6.45) is 8.26. The number of carbonyl (C=O) groups is 1. The number of carbonyl (C=O) groups excluding carboxylic acids is 1. The van der Waals surface area contributed by atoms with Crippen molar-refractivity contribution < 1.29 is 9.32 Å². The van der Waals surface area contributed by atoms with Gasteiger partial charge in [0, 0.05) is 25.9 Å². The first kappa shape index (κ1) is 16.2. The van der Waals surface area contributed by atoms with Gasteiger partial charge in [0.1, 0.15) is 0 Å². The van der Waals surface area contributed by atoms with E-state index in [0.29, 0.717) is 30.6 Å². The summed E-state index contributed by atoms with van der Waals surface area (Å²) in [5.74, 6) is 1.32. The van der Waals surface area contributed by atoms with Gasteiger partial charge in [0.25, 0.3) is 0 Å². The molecule has 23 heavy (non-hydrogen) atoms. The molecule has 0 aromatic carbocycles. The average molecular weight is 333 g/mol. The Balaban J connectivity index is 1.52. The highest BCUT2D eigenvalue weighted by Gasteiger charge is 2.21. The molecule has 0 radical (unpaired) electrons. The van der Waals surface area contributed by atoms with Crippen molar-refractivity contribution in [2.45, 2.75) is 57.4 Å². The largest absolute Gasteiger partial charge is 0.343 e. The molecule has 1 fully saturated rings. The van der Waals surface area contributed by atoms with Crippen molar-refractivity contribution in [3.8, 4) is 10.7 Å². The number of amides is 1. The molecule has 2 aromatic heterocycles. The molecule has 0 bridgehead atoms. The Morgan fingerprint density at radius 1 is 1.35 bits per heavy atom. The third-order valence-electron chi connectivity index (χ3n) is 4.53. The lowest BCUT2D eigenvalue weighted by molar-refractivity contribution is -0.132. The number of aromatic nitrogens is 2. The number of hydrogen-bond acceptors (Lipinski definition) is 5. The molecule has 6 heteroatoms. The minimum absolute atomic E-state index is 0.174. The first-order valence-electron chi connectivity index (χ1n) is 8.36. The van der Waals surface area contributed by atoms with E-state index in [1.807, 2.05) is 29.5 Å². The molecule has 5 nitrogen and oxygen atoms in total. The van der Waals surface area contributed by atoms with E-state index in [4.69, 9.17) is 4.52 Å². The molecular formula is C17H23N3O2S. The van der Waals surface area contributed by atoms with E-state index in [-0.39, 0.29) is 5.91 Å². The van der Waals surface area contributed by atoms with E-state index in [1.54, 1.807) is 11.3 Å². The third kappa shape index (κ3) is 4.19. The summed E-state index contributed by atoms with van der Waals surface area (Å²) < 4.78 is 5.26. The van der Waals surface area contributed by atoms with Gasteiger partial charge >= 0.3 is 0 Å². The summed E-state index contributed by atoms with van der Waals surface area (Å²) in [7, 11) is 1.93. The number of thiophene rings is 1. The number of nitrogens with zero attached hydrogens (tertiary/aromatic N) is 3. The van der Waals surface area contributed by atoms with Gasteiger partial charge in [-0.25, -0.2) is 0 Å². The molecule has 2 aromatic rings. The number of aryl methyl sites for hydroxylation is 1. The summed E-state index contributed by atoms with van der Waals surface area (Å²) in [5, 5.41) is 5.97. The van der Waals surface area contributed by atoms with E-state index < -0.39 is 0 Å². The van der Waals surface area contributed by atoms with Gasteiger partial charge in [0.05, 0.1) is 4.88 Å². The summed E-state index contributed by atoms with van der Waals surface area (Å²) in [4.78, 5) is 19.7. The molecule has 1 amide bonds. The molecule has 1 saturated carbocycles. The maximum atomic E-state index is 12.4. The van der Waals surface area contributed by atoms with Crippen LogP contribution in [0.25, 0.3) is 10.7 Å². The van der Waals surface area contributed by atoms with Crippen LogP contribution in [0.4, 0.5) is 0 Å². The van der Waals surface area contributed by atoms with Gasteiger partial charge in [-0.2, -0.15) is 4.98 Å².